The molecule has 1 aromatic rings. The highest BCUT2D eigenvalue weighted by molar-refractivity contribution is 8.02. The van der Waals surface area contributed by atoms with Gasteiger partial charge >= 0.3 is 5.97 Å². The van der Waals surface area contributed by atoms with E-state index in [-0.39, 0.29) is 17.2 Å². The number of carbonyl (C=O) groups excluding carboxylic acids is 1. The summed E-state index contributed by atoms with van der Waals surface area (Å²) in [5.74, 6) is -0.203. The molecule has 0 saturated carbocycles. The van der Waals surface area contributed by atoms with Crippen molar-refractivity contribution in [1.29, 1.82) is 0 Å². The third-order valence-electron chi connectivity index (χ3n) is 2.26. The Bertz CT molecular complexity index is 495. The maximum atomic E-state index is 11.8. The van der Waals surface area contributed by atoms with Crippen molar-refractivity contribution in [3.05, 3.63) is 41.0 Å². The molecule has 0 unspecified atom stereocenters. The first-order chi connectivity index (χ1) is 8.66. The molecule has 1 aromatic carbocycles. The minimum atomic E-state index is -0.998. The molecule has 6 heteroatoms. The Balaban J connectivity index is 2.02. The molecule has 0 aliphatic carbocycles. The van der Waals surface area contributed by atoms with Crippen LogP contribution in [0.1, 0.15) is 10.4 Å². The smallest absolute Gasteiger partial charge is 0.335 e. The van der Waals surface area contributed by atoms with Crippen LogP contribution in [-0.4, -0.2) is 29.3 Å². The molecule has 94 valence electrons. The molecule has 1 heterocycles. The topological polar surface area (TPSA) is 75.6 Å². The van der Waals surface area contributed by atoms with Gasteiger partial charge in [0.25, 0.3) is 5.91 Å². The van der Waals surface area contributed by atoms with Crippen LogP contribution in [0.5, 0.6) is 0 Å². The second-order valence-corrected chi connectivity index (χ2v) is 4.52. The van der Waals surface area contributed by atoms with Crippen molar-refractivity contribution in [2.24, 2.45) is 0 Å². The Kier molecular flexibility index (Phi) is 3.88. The van der Waals surface area contributed by atoms with E-state index in [1.54, 1.807) is 5.41 Å². The molecule has 2 rings (SSSR count). The molecule has 1 aliphatic heterocycles. The number of carboxylic acids is 1. The average Bonchev–Trinajstić information content (AvgIpc) is 2.40. The fraction of sp³-hybridized carbons (Fsp3) is 0.167. The van der Waals surface area contributed by atoms with E-state index in [1.165, 1.54) is 36.0 Å². The lowest BCUT2D eigenvalue weighted by Gasteiger charge is -2.14. The van der Waals surface area contributed by atoms with Crippen molar-refractivity contribution in [3.63, 3.8) is 0 Å². The molecule has 2 N–H and O–H groups in total. The van der Waals surface area contributed by atoms with E-state index < -0.39 is 5.97 Å². The molecule has 0 spiro atoms. The van der Waals surface area contributed by atoms with Gasteiger partial charge in [0.2, 0.25) is 0 Å². The fourth-order valence-corrected chi connectivity index (χ4v) is 2.00. The number of thioether (sulfide) groups is 1. The predicted octanol–water partition coefficient (Wildman–Crippen LogP) is 1.93. The van der Waals surface area contributed by atoms with Gasteiger partial charge in [-0.3, -0.25) is 4.79 Å². The standard InChI is InChI=1S/C12H11NO4S/c14-11(10-7-18-6-5-17-10)13-9-3-1-8(2-4-9)12(15)16/h1-4,7H,5-6H2,(H,13,14)(H,15,16). The molecular formula is C12H11NO4S. The highest BCUT2D eigenvalue weighted by Crippen LogP contribution is 2.17. The zero-order valence-electron chi connectivity index (χ0n) is 9.38. The van der Waals surface area contributed by atoms with Gasteiger partial charge in [-0.05, 0) is 24.3 Å². The lowest BCUT2D eigenvalue weighted by Crippen LogP contribution is -2.19. The van der Waals surface area contributed by atoms with E-state index in [2.05, 4.69) is 5.32 Å². The maximum Gasteiger partial charge on any atom is 0.335 e. The van der Waals surface area contributed by atoms with Crippen molar-refractivity contribution in [3.8, 4) is 0 Å². The third-order valence-corrected chi connectivity index (χ3v) is 3.05. The first kappa shape index (κ1) is 12.5. The van der Waals surface area contributed by atoms with Crippen molar-refractivity contribution in [2.75, 3.05) is 17.7 Å². The first-order valence-electron chi connectivity index (χ1n) is 5.26. The van der Waals surface area contributed by atoms with Crippen molar-refractivity contribution >= 4 is 29.3 Å². The number of hydrogen-bond donors (Lipinski definition) is 2. The SMILES string of the molecule is O=C(Nc1ccc(C(=O)O)cc1)C1=CSCCO1. The van der Waals surface area contributed by atoms with E-state index in [0.29, 0.717) is 12.3 Å². The summed E-state index contributed by atoms with van der Waals surface area (Å²) < 4.78 is 5.21. The number of rotatable bonds is 3. The predicted molar refractivity (Wildman–Crippen MR) is 68.5 cm³/mol. The van der Waals surface area contributed by atoms with Crippen LogP contribution in [0.4, 0.5) is 5.69 Å². The lowest BCUT2D eigenvalue weighted by molar-refractivity contribution is -0.116. The molecule has 1 aliphatic rings. The van der Waals surface area contributed by atoms with Gasteiger partial charge in [0.05, 0.1) is 12.2 Å². The fourth-order valence-electron chi connectivity index (χ4n) is 1.38. The summed E-state index contributed by atoms with van der Waals surface area (Å²) in [5.41, 5.74) is 0.710. The largest absolute Gasteiger partial charge is 0.487 e. The quantitative estimate of drug-likeness (QED) is 0.873. The van der Waals surface area contributed by atoms with Crippen LogP contribution in [0.15, 0.2) is 35.4 Å². The monoisotopic (exact) mass is 265 g/mol. The van der Waals surface area contributed by atoms with Crippen molar-refractivity contribution < 1.29 is 19.4 Å². The minimum Gasteiger partial charge on any atom is -0.487 e. The van der Waals surface area contributed by atoms with Gasteiger partial charge in [-0.1, -0.05) is 0 Å². The molecular weight excluding hydrogens is 254 g/mol. The summed E-state index contributed by atoms with van der Waals surface area (Å²) in [6.45, 7) is 0.516. The lowest BCUT2D eigenvalue weighted by atomic mass is 10.2. The number of aromatic carboxylic acids is 1. The summed E-state index contributed by atoms with van der Waals surface area (Å²) >= 11 is 1.52. The summed E-state index contributed by atoms with van der Waals surface area (Å²) in [6.07, 6.45) is 0. The number of anilines is 1. The number of carboxylic acid groups (broad SMARTS) is 1. The van der Waals surface area contributed by atoms with Crippen molar-refractivity contribution in [2.45, 2.75) is 0 Å². The van der Waals surface area contributed by atoms with E-state index in [9.17, 15) is 9.59 Å². The molecule has 1 amide bonds. The van der Waals surface area contributed by atoms with Gasteiger partial charge in [-0.25, -0.2) is 4.79 Å². The van der Waals surface area contributed by atoms with E-state index >= 15 is 0 Å². The first-order valence-corrected chi connectivity index (χ1v) is 6.31. The minimum absolute atomic E-state index is 0.177. The second-order valence-electron chi connectivity index (χ2n) is 3.54. The molecule has 0 radical (unpaired) electrons. The molecule has 0 bridgehead atoms. The van der Waals surface area contributed by atoms with Crippen molar-refractivity contribution in [1.82, 2.24) is 0 Å². The normalized spacial score (nSPS) is 14.3. The van der Waals surface area contributed by atoms with Crippen LogP contribution < -0.4 is 5.32 Å². The number of ether oxygens (including phenoxy) is 1. The summed E-state index contributed by atoms with van der Waals surface area (Å²) in [5, 5.41) is 13.1. The van der Waals surface area contributed by atoms with Gasteiger partial charge in [-0.2, -0.15) is 0 Å². The summed E-state index contributed by atoms with van der Waals surface area (Å²) in [6, 6.07) is 5.95. The molecule has 0 aromatic heterocycles. The Hall–Kier alpha value is -1.95. The van der Waals surface area contributed by atoms with E-state index in [4.69, 9.17) is 9.84 Å². The number of amides is 1. The van der Waals surface area contributed by atoms with Crippen LogP contribution in [0.3, 0.4) is 0 Å². The second kappa shape index (κ2) is 5.59. The number of carbonyl (C=O) groups is 2. The molecule has 0 saturated heterocycles. The molecule has 18 heavy (non-hydrogen) atoms. The van der Waals surface area contributed by atoms with Gasteiger partial charge in [0.1, 0.15) is 0 Å². The highest BCUT2D eigenvalue weighted by atomic mass is 32.2. The molecule has 0 atom stereocenters. The summed E-state index contributed by atoms with van der Waals surface area (Å²) in [4.78, 5) is 22.4. The number of hydrogen-bond acceptors (Lipinski definition) is 4. The Labute approximate surface area is 108 Å². The maximum absolute atomic E-state index is 11.8. The van der Waals surface area contributed by atoms with Crippen LogP contribution >= 0.6 is 11.8 Å². The summed E-state index contributed by atoms with van der Waals surface area (Å²) in [7, 11) is 0. The van der Waals surface area contributed by atoms with Crippen LogP contribution in [0.25, 0.3) is 0 Å². The Morgan fingerprint density at radius 2 is 2.00 bits per heavy atom. The van der Waals surface area contributed by atoms with Crippen LogP contribution in [0.2, 0.25) is 0 Å². The van der Waals surface area contributed by atoms with Gasteiger partial charge < -0.3 is 15.2 Å². The van der Waals surface area contributed by atoms with Gasteiger partial charge in [0, 0.05) is 16.8 Å². The van der Waals surface area contributed by atoms with Gasteiger partial charge in [-0.15, -0.1) is 11.8 Å². The zero-order valence-corrected chi connectivity index (χ0v) is 10.2. The third kappa shape index (κ3) is 3.04. The molecule has 5 nitrogen and oxygen atoms in total. The van der Waals surface area contributed by atoms with Crippen LogP contribution in [-0.2, 0) is 9.53 Å². The van der Waals surface area contributed by atoms with E-state index in [1.807, 2.05) is 0 Å². The Morgan fingerprint density at radius 1 is 1.28 bits per heavy atom. The molecule has 0 fully saturated rings. The number of nitrogens with one attached hydrogen (secondary N) is 1. The van der Waals surface area contributed by atoms with Gasteiger partial charge in [0.15, 0.2) is 5.76 Å². The van der Waals surface area contributed by atoms with Crippen LogP contribution in [0, 0.1) is 0 Å². The highest BCUT2D eigenvalue weighted by Gasteiger charge is 2.14. The van der Waals surface area contributed by atoms with E-state index in [0.717, 1.165) is 5.75 Å². The number of benzene rings is 1. The zero-order chi connectivity index (χ0) is 13.0. The Morgan fingerprint density at radius 3 is 2.56 bits per heavy atom. The average molecular weight is 265 g/mol.